The zero-order valence-electron chi connectivity index (χ0n) is 15.9. The van der Waals surface area contributed by atoms with Crippen molar-refractivity contribution in [1.82, 2.24) is 4.90 Å². The van der Waals surface area contributed by atoms with Crippen molar-refractivity contribution in [2.45, 2.75) is 19.4 Å². The minimum absolute atomic E-state index is 0.174. The van der Waals surface area contributed by atoms with Gasteiger partial charge in [0.05, 0.1) is 17.6 Å². The van der Waals surface area contributed by atoms with Crippen molar-refractivity contribution < 1.29 is 14.5 Å². The molecular formula is C22H20N2O4S. The van der Waals surface area contributed by atoms with Crippen molar-refractivity contribution in [2.24, 2.45) is 0 Å². The summed E-state index contributed by atoms with van der Waals surface area (Å²) in [6.07, 6.45) is 0.779. The summed E-state index contributed by atoms with van der Waals surface area (Å²) >= 11 is 1.70. The number of fused-ring (bicyclic) bond motifs is 1. The number of thiophene rings is 1. The van der Waals surface area contributed by atoms with Crippen LogP contribution in [0.2, 0.25) is 0 Å². The Morgan fingerprint density at radius 3 is 2.76 bits per heavy atom. The lowest BCUT2D eigenvalue weighted by molar-refractivity contribution is -0.385. The summed E-state index contributed by atoms with van der Waals surface area (Å²) in [5, 5.41) is 13.5. The van der Waals surface area contributed by atoms with Crippen LogP contribution in [-0.4, -0.2) is 28.9 Å². The van der Waals surface area contributed by atoms with Gasteiger partial charge in [0.2, 0.25) is 0 Å². The van der Waals surface area contributed by atoms with E-state index >= 15 is 0 Å². The molecule has 1 unspecified atom stereocenters. The van der Waals surface area contributed by atoms with E-state index < -0.39 is 4.92 Å². The zero-order chi connectivity index (χ0) is 20.4. The third-order valence-corrected chi connectivity index (χ3v) is 6.04. The van der Waals surface area contributed by atoms with Crippen LogP contribution in [0.4, 0.5) is 5.69 Å². The molecule has 3 aromatic rings. The van der Waals surface area contributed by atoms with Crippen molar-refractivity contribution in [2.75, 3.05) is 13.2 Å². The van der Waals surface area contributed by atoms with Gasteiger partial charge in [0, 0.05) is 23.1 Å². The summed E-state index contributed by atoms with van der Waals surface area (Å²) in [5.74, 6) is -0.0470. The van der Waals surface area contributed by atoms with E-state index in [2.05, 4.69) is 11.4 Å². The molecular weight excluding hydrogens is 388 g/mol. The Bertz CT molecular complexity index is 1050. The number of carbonyl (C=O) groups is 1. The molecule has 2 aromatic carbocycles. The Hall–Kier alpha value is -3.19. The van der Waals surface area contributed by atoms with E-state index in [9.17, 15) is 14.9 Å². The second-order valence-electron chi connectivity index (χ2n) is 6.73. The highest BCUT2D eigenvalue weighted by molar-refractivity contribution is 7.10. The Kier molecular flexibility index (Phi) is 5.31. The molecule has 6 nitrogen and oxygen atoms in total. The maximum Gasteiger partial charge on any atom is 0.311 e. The number of nitro groups is 1. The third kappa shape index (κ3) is 3.61. The van der Waals surface area contributed by atoms with Crippen LogP contribution in [0.3, 0.4) is 0 Å². The van der Waals surface area contributed by atoms with Gasteiger partial charge in [-0.2, -0.15) is 0 Å². The fraction of sp³-hybridized carbons (Fsp3) is 0.227. The number of carbonyl (C=O) groups excluding carboxylic acids is 1. The predicted molar refractivity (Wildman–Crippen MR) is 112 cm³/mol. The van der Waals surface area contributed by atoms with Crippen molar-refractivity contribution in [3.8, 4) is 5.75 Å². The molecule has 1 aliphatic rings. The van der Waals surface area contributed by atoms with Crippen LogP contribution < -0.4 is 4.74 Å². The van der Waals surface area contributed by atoms with Gasteiger partial charge in [0.15, 0.2) is 5.75 Å². The summed E-state index contributed by atoms with van der Waals surface area (Å²) in [6.45, 7) is 2.64. The van der Waals surface area contributed by atoms with Crippen LogP contribution in [0.5, 0.6) is 5.75 Å². The molecule has 1 atom stereocenters. The van der Waals surface area contributed by atoms with Gasteiger partial charge >= 0.3 is 5.69 Å². The molecule has 148 valence electrons. The van der Waals surface area contributed by atoms with E-state index in [0.29, 0.717) is 18.7 Å². The fourth-order valence-electron chi connectivity index (χ4n) is 3.77. The number of nitrogens with zero attached hydrogens (tertiary/aromatic N) is 2. The van der Waals surface area contributed by atoms with E-state index in [1.165, 1.54) is 17.0 Å². The second-order valence-corrected chi connectivity index (χ2v) is 7.73. The average Bonchev–Trinajstić information content (AvgIpc) is 3.22. The molecule has 1 aliphatic heterocycles. The Morgan fingerprint density at radius 2 is 2.03 bits per heavy atom. The van der Waals surface area contributed by atoms with Crippen LogP contribution in [0.25, 0.3) is 0 Å². The molecule has 0 aliphatic carbocycles. The van der Waals surface area contributed by atoms with E-state index in [1.54, 1.807) is 24.3 Å². The maximum absolute atomic E-state index is 13.4. The van der Waals surface area contributed by atoms with Crippen molar-refractivity contribution >= 4 is 22.9 Å². The van der Waals surface area contributed by atoms with Gasteiger partial charge in [0.1, 0.15) is 0 Å². The average molecular weight is 408 g/mol. The van der Waals surface area contributed by atoms with Gasteiger partial charge in [-0.05, 0) is 48.1 Å². The second kappa shape index (κ2) is 8.05. The molecule has 4 rings (SSSR count). The molecule has 0 bridgehead atoms. The lowest BCUT2D eigenvalue weighted by Gasteiger charge is -2.36. The number of nitro benzene ring substituents is 1. The summed E-state index contributed by atoms with van der Waals surface area (Å²) in [6, 6.07) is 16.2. The molecule has 2 heterocycles. The lowest BCUT2D eigenvalue weighted by Crippen LogP contribution is -2.40. The van der Waals surface area contributed by atoms with Crippen LogP contribution >= 0.6 is 11.3 Å². The lowest BCUT2D eigenvalue weighted by atomic mass is 9.92. The van der Waals surface area contributed by atoms with Gasteiger partial charge in [-0.15, -0.1) is 11.3 Å². The van der Waals surface area contributed by atoms with Crippen molar-refractivity contribution in [3.05, 3.63) is 91.7 Å². The first-order valence-corrected chi connectivity index (χ1v) is 10.3. The van der Waals surface area contributed by atoms with Gasteiger partial charge in [-0.25, -0.2) is 0 Å². The normalized spacial score (nSPS) is 15.6. The first kappa shape index (κ1) is 19.1. The molecule has 0 saturated heterocycles. The summed E-state index contributed by atoms with van der Waals surface area (Å²) in [7, 11) is 0. The molecule has 29 heavy (non-hydrogen) atoms. The number of amides is 1. The highest BCUT2D eigenvalue weighted by atomic mass is 32.1. The number of benzene rings is 2. The van der Waals surface area contributed by atoms with Crippen LogP contribution in [-0.2, 0) is 6.42 Å². The Labute approximate surface area is 172 Å². The maximum atomic E-state index is 13.4. The largest absolute Gasteiger partial charge is 0.487 e. The van der Waals surface area contributed by atoms with Crippen molar-refractivity contribution in [3.63, 3.8) is 0 Å². The highest BCUT2D eigenvalue weighted by Crippen LogP contribution is 2.39. The highest BCUT2D eigenvalue weighted by Gasteiger charge is 2.34. The van der Waals surface area contributed by atoms with Gasteiger partial charge in [0.25, 0.3) is 5.91 Å². The molecule has 1 aromatic heterocycles. The standard InChI is InChI=1S/C22H20N2O4S/c1-2-28-19-9-8-16(14-18(19)24(26)27)22(25)23-12-10-20-17(11-13-29-20)21(23)15-6-4-3-5-7-15/h3-9,11,13-14,21H,2,10,12H2,1H3. The molecule has 0 saturated carbocycles. The first-order chi connectivity index (χ1) is 14.1. The fourth-order valence-corrected chi connectivity index (χ4v) is 4.67. The van der Waals surface area contributed by atoms with E-state index in [4.69, 9.17) is 4.74 Å². The monoisotopic (exact) mass is 408 g/mol. The SMILES string of the molecule is CCOc1ccc(C(=O)N2CCc3sccc3C2c2ccccc2)cc1[N+](=O)[O-]. The molecule has 0 radical (unpaired) electrons. The zero-order valence-corrected chi connectivity index (χ0v) is 16.7. The molecule has 7 heteroatoms. The quantitative estimate of drug-likeness (QED) is 0.447. The number of ether oxygens (including phenoxy) is 1. The van der Waals surface area contributed by atoms with Crippen LogP contribution in [0, 0.1) is 10.1 Å². The molecule has 1 amide bonds. The Morgan fingerprint density at radius 1 is 1.24 bits per heavy atom. The first-order valence-electron chi connectivity index (χ1n) is 9.43. The number of rotatable bonds is 5. The molecule has 0 spiro atoms. The molecule has 0 N–H and O–H groups in total. The molecule has 0 fully saturated rings. The van der Waals surface area contributed by atoms with Crippen LogP contribution in [0.15, 0.2) is 60.0 Å². The minimum Gasteiger partial charge on any atom is -0.487 e. The smallest absolute Gasteiger partial charge is 0.311 e. The third-order valence-electron chi connectivity index (χ3n) is 5.04. The number of hydrogen-bond acceptors (Lipinski definition) is 5. The number of hydrogen-bond donors (Lipinski definition) is 0. The van der Waals surface area contributed by atoms with E-state index in [-0.39, 0.29) is 23.4 Å². The van der Waals surface area contributed by atoms with Gasteiger partial charge in [-0.1, -0.05) is 30.3 Å². The van der Waals surface area contributed by atoms with Crippen LogP contribution in [0.1, 0.15) is 39.3 Å². The summed E-state index contributed by atoms with van der Waals surface area (Å²) in [4.78, 5) is 27.5. The Balaban J connectivity index is 1.74. The van der Waals surface area contributed by atoms with Crippen molar-refractivity contribution in [1.29, 1.82) is 0 Å². The minimum atomic E-state index is -0.510. The summed E-state index contributed by atoms with van der Waals surface area (Å²) in [5.41, 5.74) is 2.25. The topological polar surface area (TPSA) is 72.7 Å². The van der Waals surface area contributed by atoms with E-state index in [0.717, 1.165) is 17.5 Å². The predicted octanol–water partition coefficient (Wildman–Crippen LogP) is 4.84. The summed E-state index contributed by atoms with van der Waals surface area (Å²) < 4.78 is 5.34. The van der Waals surface area contributed by atoms with E-state index in [1.807, 2.05) is 35.2 Å². The van der Waals surface area contributed by atoms with Gasteiger partial charge in [-0.3, -0.25) is 14.9 Å². The van der Waals surface area contributed by atoms with Gasteiger partial charge < -0.3 is 9.64 Å².